The first-order valence-electron chi connectivity index (χ1n) is 4.14. The van der Waals surface area contributed by atoms with Gasteiger partial charge in [0.05, 0.1) is 6.10 Å². The molecule has 0 saturated heterocycles. The summed E-state index contributed by atoms with van der Waals surface area (Å²) < 4.78 is 5.45. The zero-order chi connectivity index (χ0) is 10.4. The summed E-state index contributed by atoms with van der Waals surface area (Å²) in [4.78, 5) is 4.24. The average Bonchev–Trinajstić information content (AvgIpc) is 2.14. The number of hydrogen-bond donors (Lipinski definition) is 0. The van der Waals surface area contributed by atoms with Crippen LogP contribution in [0.15, 0.2) is 18.2 Å². The molecule has 74 valence electrons. The minimum absolute atomic E-state index is 0.143. The second-order valence-electron chi connectivity index (χ2n) is 2.83. The van der Waals surface area contributed by atoms with Gasteiger partial charge in [-0.05, 0) is 40.0 Å². The van der Waals surface area contributed by atoms with Gasteiger partial charge in [0.2, 0.25) is 5.88 Å². The standard InChI is InChI=1S/C10H10INOS/c1-8(2)13-10-5-3-4-9(12-10)6-7-14-11/h3-5,8H,1-2H3. The lowest BCUT2D eigenvalue weighted by Crippen LogP contribution is -2.06. The monoisotopic (exact) mass is 319 g/mol. The summed E-state index contributed by atoms with van der Waals surface area (Å²) in [6, 6.07) is 5.60. The summed E-state index contributed by atoms with van der Waals surface area (Å²) in [6.07, 6.45) is 0.143. The molecule has 14 heavy (non-hydrogen) atoms. The maximum atomic E-state index is 5.45. The third kappa shape index (κ3) is 4.20. The fourth-order valence-corrected chi connectivity index (χ4v) is 1.34. The predicted octanol–water partition coefficient (Wildman–Crippen LogP) is 3.26. The van der Waals surface area contributed by atoms with Gasteiger partial charge in [-0.1, -0.05) is 6.07 Å². The molecular weight excluding hydrogens is 309 g/mol. The van der Waals surface area contributed by atoms with Crippen molar-refractivity contribution < 1.29 is 4.74 Å². The van der Waals surface area contributed by atoms with Crippen LogP contribution < -0.4 is 4.74 Å². The summed E-state index contributed by atoms with van der Waals surface area (Å²) in [5.41, 5.74) is 0.743. The maximum Gasteiger partial charge on any atom is 0.214 e. The Morgan fingerprint density at radius 1 is 1.50 bits per heavy atom. The molecule has 1 aromatic rings. The van der Waals surface area contributed by atoms with Gasteiger partial charge in [-0.15, -0.1) is 0 Å². The van der Waals surface area contributed by atoms with E-state index in [4.69, 9.17) is 4.74 Å². The Kier molecular flexibility index (Phi) is 5.12. The number of nitrogens with zero attached hydrogens (tertiary/aromatic N) is 1. The summed E-state index contributed by atoms with van der Waals surface area (Å²) in [7, 11) is 1.44. The van der Waals surface area contributed by atoms with Gasteiger partial charge in [-0.3, -0.25) is 0 Å². The third-order valence-corrected chi connectivity index (χ3v) is 2.14. The van der Waals surface area contributed by atoms with E-state index in [0.29, 0.717) is 5.88 Å². The molecular formula is C10H10INOS. The van der Waals surface area contributed by atoms with E-state index in [0.717, 1.165) is 5.69 Å². The SMILES string of the molecule is CC(C)Oc1cccc(C#CSI)n1. The number of hydrogen-bond acceptors (Lipinski definition) is 3. The van der Waals surface area contributed by atoms with Crippen molar-refractivity contribution in [2.24, 2.45) is 0 Å². The van der Waals surface area contributed by atoms with Crippen LogP contribution in [-0.4, -0.2) is 11.1 Å². The quantitative estimate of drug-likeness (QED) is 0.617. The Labute approximate surface area is 100 Å². The summed E-state index contributed by atoms with van der Waals surface area (Å²) in [5.74, 6) is 3.55. The van der Waals surface area contributed by atoms with Crippen molar-refractivity contribution in [3.8, 4) is 17.1 Å². The molecule has 0 saturated carbocycles. The van der Waals surface area contributed by atoms with Gasteiger partial charge in [0.1, 0.15) is 5.69 Å². The van der Waals surface area contributed by atoms with Crippen LogP contribution in [0.5, 0.6) is 5.88 Å². The van der Waals surface area contributed by atoms with Crippen LogP contribution in [-0.2, 0) is 0 Å². The zero-order valence-corrected chi connectivity index (χ0v) is 10.9. The maximum absolute atomic E-state index is 5.45. The molecule has 0 spiro atoms. The molecule has 0 fully saturated rings. The highest BCUT2D eigenvalue weighted by atomic mass is 127. The van der Waals surface area contributed by atoms with Crippen LogP contribution in [0, 0.1) is 11.2 Å². The van der Waals surface area contributed by atoms with Crippen LogP contribution in [0.4, 0.5) is 0 Å². The van der Waals surface area contributed by atoms with Crippen LogP contribution in [0.1, 0.15) is 19.5 Å². The van der Waals surface area contributed by atoms with Gasteiger partial charge >= 0.3 is 0 Å². The van der Waals surface area contributed by atoms with Crippen LogP contribution >= 0.6 is 30.1 Å². The predicted molar refractivity (Wildman–Crippen MR) is 68.5 cm³/mol. The lowest BCUT2D eigenvalue weighted by molar-refractivity contribution is 0.232. The van der Waals surface area contributed by atoms with Crippen molar-refractivity contribution in [3.05, 3.63) is 23.9 Å². The molecule has 0 radical (unpaired) electrons. The highest BCUT2D eigenvalue weighted by Crippen LogP contribution is 2.10. The van der Waals surface area contributed by atoms with E-state index in [1.54, 1.807) is 0 Å². The van der Waals surface area contributed by atoms with E-state index in [-0.39, 0.29) is 6.10 Å². The molecule has 4 heteroatoms. The molecule has 0 unspecified atom stereocenters. The Hall–Kier alpha value is -0.410. The molecule has 0 N–H and O–H groups in total. The number of ether oxygens (including phenoxy) is 1. The lowest BCUT2D eigenvalue weighted by Gasteiger charge is -2.07. The second-order valence-corrected chi connectivity index (χ2v) is 4.51. The Bertz CT molecular complexity index is 357. The topological polar surface area (TPSA) is 22.1 Å². The first-order chi connectivity index (χ1) is 6.72. The molecule has 1 heterocycles. The van der Waals surface area contributed by atoms with E-state index >= 15 is 0 Å². The normalized spacial score (nSPS) is 9.43. The highest BCUT2D eigenvalue weighted by molar-refractivity contribution is 14.2. The fourth-order valence-electron chi connectivity index (χ4n) is 0.863. The van der Waals surface area contributed by atoms with E-state index in [9.17, 15) is 0 Å². The Morgan fingerprint density at radius 3 is 2.93 bits per heavy atom. The molecule has 0 aliphatic rings. The molecule has 1 aromatic heterocycles. The van der Waals surface area contributed by atoms with E-state index in [1.165, 1.54) is 8.93 Å². The van der Waals surface area contributed by atoms with Gasteiger partial charge in [0.25, 0.3) is 0 Å². The Morgan fingerprint density at radius 2 is 2.29 bits per heavy atom. The Balaban J connectivity index is 2.78. The number of aromatic nitrogens is 1. The summed E-state index contributed by atoms with van der Waals surface area (Å²) in [5, 5.41) is 2.88. The molecule has 0 amide bonds. The third-order valence-electron chi connectivity index (χ3n) is 1.30. The van der Waals surface area contributed by atoms with Gasteiger partial charge < -0.3 is 4.74 Å². The number of pyridine rings is 1. The van der Waals surface area contributed by atoms with E-state index in [2.05, 4.69) is 37.4 Å². The van der Waals surface area contributed by atoms with E-state index in [1.807, 2.05) is 32.0 Å². The summed E-state index contributed by atoms with van der Waals surface area (Å²) in [6.45, 7) is 3.95. The van der Waals surface area contributed by atoms with Crippen molar-refractivity contribution >= 4 is 30.1 Å². The van der Waals surface area contributed by atoms with Crippen LogP contribution in [0.25, 0.3) is 0 Å². The van der Waals surface area contributed by atoms with Gasteiger partial charge in [-0.25, -0.2) is 4.98 Å². The lowest BCUT2D eigenvalue weighted by atomic mass is 10.3. The average molecular weight is 319 g/mol. The van der Waals surface area contributed by atoms with Crippen molar-refractivity contribution in [2.45, 2.75) is 20.0 Å². The molecule has 0 aliphatic carbocycles. The number of halogens is 1. The minimum Gasteiger partial charge on any atom is -0.475 e. The molecule has 0 aliphatic heterocycles. The summed E-state index contributed by atoms with van der Waals surface area (Å²) >= 11 is 2.13. The van der Waals surface area contributed by atoms with E-state index < -0.39 is 0 Å². The van der Waals surface area contributed by atoms with Crippen LogP contribution in [0.2, 0.25) is 0 Å². The highest BCUT2D eigenvalue weighted by Gasteiger charge is 1.98. The van der Waals surface area contributed by atoms with Crippen molar-refractivity contribution in [2.75, 3.05) is 0 Å². The number of rotatable bonds is 2. The van der Waals surface area contributed by atoms with Crippen LogP contribution in [0.3, 0.4) is 0 Å². The van der Waals surface area contributed by atoms with Crippen molar-refractivity contribution in [1.82, 2.24) is 4.98 Å². The minimum atomic E-state index is 0.143. The first kappa shape index (κ1) is 11.7. The second kappa shape index (κ2) is 6.14. The fraction of sp³-hybridized carbons (Fsp3) is 0.300. The molecule has 2 nitrogen and oxygen atoms in total. The van der Waals surface area contributed by atoms with Gasteiger partial charge in [0.15, 0.2) is 0 Å². The van der Waals surface area contributed by atoms with Gasteiger partial charge in [0, 0.05) is 27.3 Å². The van der Waals surface area contributed by atoms with Gasteiger partial charge in [-0.2, -0.15) is 0 Å². The largest absolute Gasteiger partial charge is 0.475 e. The zero-order valence-electron chi connectivity index (χ0n) is 7.95. The molecule has 0 bridgehead atoms. The smallest absolute Gasteiger partial charge is 0.214 e. The first-order valence-corrected chi connectivity index (χ1v) is 7.50. The van der Waals surface area contributed by atoms with Crippen molar-refractivity contribution in [3.63, 3.8) is 0 Å². The molecule has 1 rings (SSSR count). The molecule has 0 aromatic carbocycles. The molecule has 0 atom stereocenters. The van der Waals surface area contributed by atoms with Crippen molar-refractivity contribution in [1.29, 1.82) is 0 Å².